The maximum Gasteiger partial charge on any atom is 0.425 e. The summed E-state index contributed by atoms with van der Waals surface area (Å²) in [6.07, 6.45) is -8.57. The summed E-state index contributed by atoms with van der Waals surface area (Å²) in [6.45, 7) is 3.22. The number of rotatable bonds is 6. The number of ether oxygens (including phenoxy) is 2. The van der Waals surface area contributed by atoms with Crippen LogP contribution in [0.3, 0.4) is 0 Å². The molecule has 3 aromatic rings. The Morgan fingerprint density at radius 3 is 2.40 bits per heavy atom. The molecule has 0 aliphatic heterocycles. The smallest absolute Gasteiger partial charge is 0.425 e. The van der Waals surface area contributed by atoms with Gasteiger partial charge in [0, 0.05) is 17.5 Å². The minimum Gasteiger partial charge on any atom is -0.463 e. The van der Waals surface area contributed by atoms with Crippen LogP contribution in [-0.2, 0) is 10.8 Å². The van der Waals surface area contributed by atoms with Crippen molar-refractivity contribution in [2.24, 2.45) is 0 Å². The first-order valence-electron chi connectivity index (χ1n) is 8.58. The lowest BCUT2D eigenvalue weighted by Crippen LogP contribution is -2.31. The molecule has 3 aromatic heterocycles. The molecule has 7 nitrogen and oxygen atoms in total. The fourth-order valence-corrected chi connectivity index (χ4v) is 2.63. The van der Waals surface area contributed by atoms with E-state index in [2.05, 4.69) is 29.6 Å². The zero-order chi connectivity index (χ0) is 22.3. The lowest BCUT2D eigenvalue weighted by Gasteiger charge is -2.17. The SMILES string of the molecule is CCOC(F)(F)c1nnc2cnc(-c3cnc(O[C@@H](C)C(F)(F)F)c(F)c3)c(C)n12. The van der Waals surface area contributed by atoms with E-state index >= 15 is 0 Å². The van der Waals surface area contributed by atoms with Crippen LogP contribution in [0.1, 0.15) is 25.4 Å². The molecule has 0 N–H and O–H groups in total. The fraction of sp³-hybridized carbons (Fsp3) is 0.412. The summed E-state index contributed by atoms with van der Waals surface area (Å²) in [5, 5.41) is 7.07. The summed E-state index contributed by atoms with van der Waals surface area (Å²) in [5.41, 5.74) is 0.180. The maximum atomic E-state index is 14.3. The number of hydrogen-bond acceptors (Lipinski definition) is 6. The summed E-state index contributed by atoms with van der Waals surface area (Å²) >= 11 is 0. The average Bonchev–Trinajstić information content (AvgIpc) is 3.09. The first-order valence-corrected chi connectivity index (χ1v) is 8.58. The van der Waals surface area contributed by atoms with Crippen LogP contribution in [-0.4, -0.2) is 43.5 Å². The van der Waals surface area contributed by atoms with Gasteiger partial charge in [0.2, 0.25) is 5.82 Å². The molecule has 1 atom stereocenters. The molecule has 0 bridgehead atoms. The van der Waals surface area contributed by atoms with E-state index < -0.39 is 35.9 Å². The molecule has 0 amide bonds. The predicted molar refractivity (Wildman–Crippen MR) is 90.4 cm³/mol. The van der Waals surface area contributed by atoms with Crippen LogP contribution in [0, 0.1) is 12.7 Å². The van der Waals surface area contributed by atoms with Crippen molar-refractivity contribution in [3.05, 3.63) is 35.8 Å². The van der Waals surface area contributed by atoms with Crippen LogP contribution in [0.4, 0.5) is 26.3 Å². The van der Waals surface area contributed by atoms with E-state index in [9.17, 15) is 26.3 Å². The highest BCUT2D eigenvalue weighted by atomic mass is 19.4. The number of aryl methyl sites for hydroxylation is 1. The number of fused-ring (bicyclic) bond motifs is 1. The Hall–Kier alpha value is -2.96. The first kappa shape index (κ1) is 21.7. The fourth-order valence-electron chi connectivity index (χ4n) is 2.63. The van der Waals surface area contributed by atoms with Crippen molar-refractivity contribution in [1.29, 1.82) is 0 Å². The van der Waals surface area contributed by atoms with Gasteiger partial charge in [-0.25, -0.2) is 9.37 Å². The molecule has 0 aromatic carbocycles. The van der Waals surface area contributed by atoms with Crippen LogP contribution in [0.2, 0.25) is 0 Å². The number of nitrogens with zero attached hydrogens (tertiary/aromatic N) is 5. The summed E-state index contributed by atoms with van der Waals surface area (Å²) in [4.78, 5) is 7.62. The molecule has 13 heteroatoms. The van der Waals surface area contributed by atoms with Crippen molar-refractivity contribution < 1.29 is 35.8 Å². The molecule has 0 aliphatic rings. The van der Waals surface area contributed by atoms with Gasteiger partial charge in [-0.2, -0.15) is 22.0 Å². The normalized spacial score (nSPS) is 13.6. The van der Waals surface area contributed by atoms with Gasteiger partial charge in [-0.05, 0) is 26.8 Å². The van der Waals surface area contributed by atoms with E-state index in [0.29, 0.717) is 6.92 Å². The number of pyridine rings is 1. The van der Waals surface area contributed by atoms with Gasteiger partial charge in [0.25, 0.3) is 5.88 Å². The summed E-state index contributed by atoms with van der Waals surface area (Å²) in [6, 6.07) is 0.845. The Morgan fingerprint density at radius 1 is 1.10 bits per heavy atom. The zero-order valence-electron chi connectivity index (χ0n) is 15.8. The van der Waals surface area contributed by atoms with Crippen molar-refractivity contribution in [2.75, 3.05) is 6.61 Å². The van der Waals surface area contributed by atoms with E-state index in [1.807, 2.05) is 0 Å². The number of alkyl halides is 5. The number of halogens is 6. The number of aromatic nitrogens is 5. The minimum absolute atomic E-state index is 0.00184. The molecule has 3 heterocycles. The van der Waals surface area contributed by atoms with Gasteiger partial charge in [0.15, 0.2) is 17.6 Å². The van der Waals surface area contributed by atoms with E-state index in [0.717, 1.165) is 22.9 Å². The Labute approximate surface area is 165 Å². The van der Waals surface area contributed by atoms with Gasteiger partial charge in [-0.1, -0.05) is 0 Å². The molecule has 0 radical (unpaired) electrons. The Balaban J connectivity index is 2.03. The standard InChI is InChI=1S/C17H15F6N5O2/c1-4-29-17(22,23)15-27-26-12-7-24-13(8(2)28(12)15)10-5-11(18)14(25-6-10)30-9(3)16(19,20)21/h5-7,9H,4H2,1-3H3/t9-/m0/s1. The molecule has 162 valence electrons. The van der Waals surface area contributed by atoms with Gasteiger partial charge in [-0.3, -0.25) is 9.38 Å². The molecule has 0 fully saturated rings. The average molecular weight is 435 g/mol. The van der Waals surface area contributed by atoms with E-state index in [1.54, 1.807) is 0 Å². The lowest BCUT2D eigenvalue weighted by molar-refractivity contribution is -0.251. The molecule has 0 saturated carbocycles. The highest BCUT2D eigenvalue weighted by molar-refractivity contribution is 5.63. The van der Waals surface area contributed by atoms with Crippen molar-refractivity contribution in [3.8, 4) is 17.1 Å². The molecule has 30 heavy (non-hydrogen) atoms. The monoisotopic (exact) mass is 435 g/mol. The minimum atomic E-state index is -4.70. The van der Waals surface area contributed by atoms with Crippen molar-refractivity contribution in [1.82, 2.24) is 24.6 Å². The Morgan fingerprint density at radius 2 is 1.80 bits per heavy atom. The highest BCUT2D eigenvalue weighted by Crippen LogP contribution is 2.32. The second-order valence-corrected chi connectivity index (χ2v) is 6.17. The van der Waals surface area contributed by atoms with Crippen LogP contribution < -0.4 is 4.74 Å². The van der Waals surface area contributed by atoms with Crippen LogP contribution in [0.15, 0.2) is 18.5 Å². The van der Waals surface area contributed by atoms with Crippen LogP contribution >= 0.6 is 0 Å². The van der Waals surface area contributed by atoms with Crippen molar-refractivity contribution in [3.63, 3.8) is 0 Å². The third kappa shape index (κ3) is 4.01. The molecule has 0 unspecified atom stereocenters. The second-order valence-electron chi connectivity index (χ2n) is 6.17. The third-order valence-electron chi connectivity index (χ3n) is 4.09. The van der Waals surface area contributed by atoms with Gasteiger partial charge < -0.3 is 9.47 Å². The highest BCUT2D eigenvalue weighted by Gasteiger charge is 2.40. The quantitative estimate of drug-likeness (QED) is 0.544. The summed E-state index contributed by atoms with van der Waals surface area (Å²) < 4.78 is 90.4. The molecular weight excluding hydrogens is 420 g/mol. The van der Waals surface area contributed by atoms with E-state index in [4.69, 9.17) is 0 Å². The first-order chi connectivity index (χ1) is 14.0. The van der Waals surface area contributed by atoms with Crippen molar-refractivity contribution >= 4 is 5.65 Å². The van der Waals surface area contributed by atoms with Gasteiger partial charge in [0.05, 0.1) is 18.5 Å². The molecule has 0 spiro atoms. The molecule has 0 aliphatic carbocycles. The van der Waals surface area contributed by atoms with Crippen molar-refractivity contribution in [2.45, 2.75) is 39.2 Å². The van der Waals surface area contributed by atoms with Crippen LogP contribution in [0.5, 0.6) is 5.88 Å². The van der Waals surface area contributed by atoms with Crippen LogP contribution in [0.25, 0.3) is 16.9 Å². The van der Waals surface area contributed by atoms with Gasteiger partial charge >= 0.3 is 12.3 Å². The van der Waals surface area contributed by atoms with Gasteiger partial charge in [0.1, 0.15) is 0 Å². The zero-order valence-corrected chi connectivity index (χ0v) is 15.8. The third-order valence-corrected chi connectivity index (χ3v) is 4.09. The summed E-state index contributed by atoms with van der Waals surface area (Å²) in [5.74, 6) is -2.82. The lowest BCUT2D eigenvalue weighted by atomic mass is 10.1. The predicted octanol–water partition coefficient (Wildman–Crippen LogP) is 4.05. The second kappa shape index (κ2) is 7.70. The van der Waals surface area contributed by atoms with E-state index in [-0.39, 0.29) is 29.2 Å². The molecular formula is C17H15F6N5O2. The largest absolute Gasteiger partial charge is 0.463 e. The van der Waals surface area contributed by atoms with E-state index in [1.165, 1.54) is 13.8 Å². The Kier molecular flexibility index (Phi) is 5.58. The topological polar surface area (TPSA) is 74.4 Å². The van der Waals surface area contributed by atoms with Gasteiger partial charge in [-0.15, -0.1) is 10.2 Å². The molecule has 0 saturated heterocycles. The summed E-state index contributed by atoms with van der Waals surface area (Å²) in [7, 11) is 0. The molecule has 3 rings (SSSR count). The Bertz CT molecular complexity index is 1070. The maximum absolute atomic E-state index is 14.3. The number of hydrogen-bond donors (Lipinski definition) is 0.